The van der Waals surface area contributed by atoms with Gasteiger partial charge in [0.2, 0.25) is 0 Å². The summed E-state index contributed by atoms with van der Waals surface area (Å²) in [7, 11) is 0. The molecule has 2 heterocycles. The van der Waals surface area contributed by atoms with E-state index in [-0.39, 0.29) is 18.0 Å². The van der Waals surface area contributed by atoms with Gasteiger partial charge >= 0.3 is 0 Å². The van der Waals surface area contributed by atoms with Gasteiger partial charge in [0.1, 0.15) is 0 Å². The van der Waals surface area contributed by atoms with Crippen LogP contribution in [0, 0.1) is 37.8 Å². The fraction of sp³-hybridized carbons (Fsp3) is 0.238. The van der Waals surface area contributed by atoms with Crippen molar-refractivity contribution in [3.63, 3.8) is 0 Å². The molecule has 144 valence electrons. The highest BCUT2D eigenvalue weighted by Crippen LogP contribution is 2.23. The Kier molecular flexibility index (Phi) is 5.00. The fourth-order valence-corrected chi connectivity index (χ4v) is 3.30. The van der Waals surface area contributed by atoms with E-state index in [4.69, 9.17) is 0 Å². The van der Waals surface area contributed by atoms with Crippen LogP contribution in [0.1, 0.15) is 32.9 Å². The molecular formula is C21H21N3O4. The molecule has 0 unspecified atom stereocenters. The van der Waals surface area contributed by atoms with Crippen LogP contribution >= 0.6 is 0 Å². The minimum Gasteiger partial charge on any atom is -0.318 e. The first-order valence-corrected chi connectivity index (χ1v) is 8.83. The molecule has 28 heavy (non-hydrogen) atoms. The van der Waals surface area contributed by atoms with E-state index in [2.05, 4.69) is 6.07 Å². The van der Waals surface area contributed by atoms with Crippen molar-refractivity contribution in [3.05, 3.63) is 91.1 Å². The number of aryl methyl sites for hydroxylation is 3. The van der Waals surface area contributed by atoms with Gasteiger partial charge in [-0.1, -0.05) is 6.07 Å². The van der Waals surface area contributed by atoms with Crippen molar-refractivity contribution in [3.8, 4) is 5.69 Å². The van der Waals surface area contributed by atoms with Crippen molar-refractivity contribution in [2.75, 3.05) is 0 Å². The molecule has 7 heteroatoms. The number of nitro groups is 1. The van der Waals surface area contributed by atoms with E-state index in [1.807, 2.05) is 44.4 Å². The van der Waals surface area contributed by atoms with E-state index in [0.29, 0.717) is 5.56 Å². The first kappa shape index (κ1) is 19.3. The van der Waals surface area contributed by atoms with Crippen LogP contribution in [0.15, 0.2) is 47.4 Å². The van der Waals surface area contributed by atoms with Crippen LogP contribution in [0.4, 0.5) is 5.69 Å². The second-order valence-electron chi connectivity index (χ2n) is 6.92. The van der Waals surface area contributed by atoms with Crippen molar-refractivity contribution in [2.24, 2.45) is 0 Å². The molecule has 0 saturated carbocycles. The molecule has 3 rings (SSSR count). The minimum atomic E-state index is -0.591. The van der Waals surface area contributed by atoms with Crippen molar-refractivity contribution in [2.45, 2.75) is 34.2 Å². The summed E-state index contributed by atoms with van der Waals surface area (Å²) >= 11 is 0. The van der Waals surface area contributed by atoms with Gasteiger partial charge in [-0.15, -0.1) is 0 Å². The minimum absolute atomic E-state index is 0.229. The normalized spacial score (nSPS) is 10.9. The monoisotopic (exact) mass is 379 g/mol. The summed E-state index contributed by atoms with van der Waals surface area (Å²) in [6, 6.07) is 10.1. The molecule has 0 fully saturated rings. The third-order valence-corrected chi connectivity index (χ3v) is 4.97. The standard InChI is InChI=1S/C21H21N3O4/c1-13-5-6-17(9-14(13)2)23-15(3)10-19(16(23)4)20(25)12-22-11-18(24(27)28)7-8-21(22)26/h5-11H,12H2,1-4H3. The Labute approximate surface area is 162 Å². The number of carbonyl (C=O) groups is 1. The predicted molar refractivity (Wildman–Crippen MR) is 106 cm³/mol. The number of benzene rings is 1. The maximum atomic E-state index is 12.8. The lowest BCUT2D eigenvalue weighted by Crippen LogP contribution is -2.23. The molecule has 1 aromatic carbocycles. The summed E-state index contributed by atoms with van der Waals surface area (Å²) in [5.41, 5.74) is 4.78. The van der Waals surface area contributed by atoms with Crippen LogP contribution in [-0.2, 0) is 6.54 Å². The van der Waals surface area contributed by atoms with E-state index >= 15 is 0 Å². The molecule has 0 bridgehead atoms. The second-order valence-corrected chi connectivity index (χ2v) is 6.92. The first-order valence-electron chi connectivity index (χ1n) is 8.83. The van der Waals surface area contributed by atoms with Crippen molar-refractivity contribution < 1.29 is 9.72 Å². The molecule has 0 saturated heterocycles. The molecule has 2 aromatic heterocycles. The Bertz CT molecular complexity index is 1150. The third-order valence-electron chi connectivity index (χ3n) is 4.97. The van der Waals surface area contributed by atoms with Gasteiger partial charge in [0.05, 0.1) is 17.7 Å². The molecule has 3 aromatic rings. The van der Waals surface area contributed by atoms with E-state index in [0.717, 1.165) is 45.5 Å². The van der Waals surface area contributed by atoms with Crippen molar-refractivity contribution >= 4 is 11.5 Å². The van der Waals surface area contributed by atoms with Gasteiger partial charge in [-0.25, -0.2) is 0 Å². The van der Waals surface area contributed by atoms with Gasteiger partial charge in [-0.05, 0) is 57.0 Å². The smallest absolute Gasteiger partial charge is 0.285 e. The van der Waals surface area contributed by atoms with E-state index in [1.54, 1.807) is 6.07 Å². The van der Waals surface area contributed by atoms with Crippen molar-refractivity contribution in [1.82, 2.24) is 9.13 Å². The second kappa shape index (κ2) is 7.26. The number of Topliss-reactive ketones (excluding diaryl/α,β-unsaturated/α-hetero) is 1. The molecule has 0 amide bonds. The zero-order chi connectivity index (χ0) is 20.6. The summed E-state index contributed by atoms with van der Waals surface area (Å²) < 4.78 is 3.07. The molecule has 7 nitrogen and oxygen atoms in total. The fourth-order valence-electron chi connectivity index (χ4n) is 3.30. The van der Waals surface area contributed by atoms with E-state index in [1.165, 1.54) is 5.56 Å². The Morgan fingerprint density at radius 3 is 2.39 bits per heavy atom. The maximum Gasteiger partial charge on any atom is 0.285 e. The SMILES string of the molecule is Cc1ccc(-n2c(C)cc(C(=O)Cn3cc([N+](=O)[O-])ccc3=O)c2C)cc1C. The number of rotatable bonds is 5. The molecule has 0 aliphatic rings. The lowest BCUT2D eigenvalue weighted by atomic mass is 10.1. The Hall–Kier alpha value is -3.48. The quantitative estimate of drug-likeness (QED) is 0.384. The van der Waals surface area contributed by atoms with Gasteiger partial charge in [-0.3, -0.25) is 19.7 Å². The molecular weight excluding hydrogens is 358 g/mol. The van der Waals surface area contributed by atoms with Crippen molar-refractivity contribution in [1.29, 1.82) is 0 Å². The van der Waals surface area contributed by atoms with Crippen LogP contribution in [-0.4, -0.2) is 19.8 Å². The number of aromatic nitrogens is 2. The van der Waals surface area contributed by atoms with Gasteiger partial charge in [0.25, 0.3) is 11.2 Å². The highest BCUT2D eigenvalue weighted by Gasteiger charge is 2.18. The van der Waals surface area contributed by atoms with Gasteiger partial charge in [0.15, 0.2) is 5.78 Å². The number of ketones is 1. The maximum absolute atomic E-state index is 12.8. The van der Waals surface area contributed by atoms with Gasteiger partial charge < -0.3 is 9.13 Å². The first-order chi connectivity index (χ1) is 13.2. The number of pyridine rings is 1. The summed E-state index contributed by atoms with van der Waals surface area (Å²) in [5, 5.41) is 10.9. The number of hydrogen-bond acceptors (Lipinski definition) is 4. The Morgan fingerprint density at radius 2 is 1.75 bits per heavy atom. The molecule has 0 atom stereocenters. The summed E-state index contributed by atoms with van der Waals surface area (Å²) in [6.45, 7) is 7.59. The number of hydrogen-bond donors (Lipinski definition) is 0. The summed E-state index contributed by atoms with van der Waals surface area (Å²) in [6.07, 6.45) is 1.10. The number of nitrogens with zero attached hydrogens (tertiary/aromatic N) is 3. The predicted octanol–water partition coefficient (Wildman–Crippen LogP) is 3.66. The van der Waals surface area contributed by atoms with Crippen LogP contribution in [0.3, 0.4) is 0 Å². The summed E-state index contributed by atoms with van der Waals surface area (Å²) in [4.78, 5) is 35.2. The molecule has 0 aliphatic heterocycles. The average molecular weight is 379 g/mol. The lowest BCUT2D eigenvalue weighted by molar-refractivity contribution is -0.385. The highest BCUT2D eigenvalue weighted by atomic mass is 16.6. The molecule has 0 aliphatic carbocycles. The average Bonchev–Trinajstić information content (AvgIpc) is 2.93. The Balaban J connectivity index is 1.98. The molecule has 0 radical (unpaired) electrons. The zero-order valence-corrected chi connectivity index (χ0v) is 16.2. The van der Waals surface area contributed by atoms with Gasteiger partial charge in [0, 0.05) is 34.8 Å². The Morgan fingerprint density at radius 1 is 1.04 bits per heavy atom. The third kappa shape index (κ3) is 3.51. The zero-order valence-electron chi connectivity index (χ0n) is 16.2. The van der Waals surface area contributed by atoms with E-state index in [9.17, 15) is 19.7 Å². The highest BCUT2D eigenvalue weighted by molar-refractivity contribution is 5.97. The largest absolute Gasteiger partial charge is 0.318 e. The molecule has 0 spiro atoms. The van der Waals surface area contributed by atoms with Crippen LogP contribution in [0.2, 0.25) is 0 Å². The van der Waals surface area contributed by atoms with Crippen LogP contribution < -0.4 is 5.56 Å². The van der Waals surface area contributed by atoms with E-state index < -0.39 is 10.5 Å². The van der Waals surface area contributed by atoms with Gasteiger partial charge in [-0.2, -0.15) is 0 Å². The topological polar surface area (TPSA) is 87.1 Å². The van der Waals surface area contributed by atoms with Crippen LogP contribution in [0.5, 0.6) is 0 Å². The molecule has 0 N–H and O–H groups in total. The number of carbonyl (C=O) groups excluding carboxylic acids is 1. The lowest BCUT2D eigenvalue weighted by Gasteiger charge is -2.12. The van der Waals surface area contributed by atoms with Crippen LogP contribution in [0.25, 0.3) is 5.69 Å². The summed E-state index contributed by atoms with van der Waals surface area (Å²) in [5.74, 6) is -0.272.